The molecule has 0 radical (unpaired) electrons. The summed E-state index contributed by atoms with van der Waals surface area (Å²) in [5.74, 6) is 0.383. The summed E-state index contributed by atoms with van der Waals surface area (Å²) in [7, 11) is 0. The standard InChI is InChI=1S/C23H29ClN8O2/c24-20-11-17(7-8-26-20)30-23(34)19-13-27-22-18(28-15-5-6-15)12-21(31-32(19)22)29-16-3-1-14(2-4-16)25-9-10-33/h7-8,11-16,25,28,33H,1-6,9-10H2,(H,29,31)(H,26,30,34). The smallest absolute Gasteiger partial charge is 0.276 e. The Morgan fingerprint density at radius 2 is 1.79 bits per heavy atom. The van der Waals surface area contributed by atoms with E-state index in [4.69, 9.17) is 21.8 Å². The fourth-order valence-electron chi connectivity index (χ4n) is 4.34. The van der Waals surface area contributed by atoms with Gasteiger partial charge in [0.15, 0.2) is 11.3 Å². The fraction of sp³-hybridized carbons (Fsp3) is 0.478. The van der Waals surface area contributed by atoms with Gasteiger partial charge in [-0.25, -0.2) is 14.5 Å². The molecular formula is C23H29ClN8O2. The Hall–Kier alpha value is -2.95. The first-order valence-electron chi connectivity index (χ1n) is 11.8. The van der Waals surface area contributed by atoms with Crippen LogP contribution >= 0.6 is 11.6 Å². The number of rotatable bonds is 9. The number of fused-ring (bicyclic) bond motifs is 1. The zero-order valence-corrected chi connectivity index (χ0v) is 19.6. The number of amides is 1. The maximum Gasteiger partial charge on any atom is 0.276 e. The highest BCUT2D eigenvalue weighted by molar-refractivity contribution is 6.29. The summed E-state index contributed by atoms with van der Waals surface area (Å²) in [5, 5.41) is 27.4. The van der Waals surface area contributed by atoms with Crippen LogP contribution in [0.4, 0.5) is 17.2 Å². The highest BCUT2D eigenvalue weighted by atomic mass is 35.5. The SMILES string of the molecule is O=C(Nc1ccnc(Cl)c1)c1cnc2c(NC3CC3)cc(NC3CCC(NCCO)CC3)nn12. The van der Waals surface area contributed by atoms with Crippen LogP contribution in [0, 0.1) is 0 Å². The third-order valence-corrected chi connectivity index (χ3v) is 6.45. The molecule has 2 saturated carbocycles. The number of carbonyl (C=O) groups is 1. The minimum Gasteiger partial charge on any atom is -0.395 e. The van der Waals surface area contributed by atoms with Crippen LogP contribution in [0.25, 0.3) is 5.65 Å². The van der Waals surface area contributed by atoms with Crippen LogP contribution < -0.4 is 21.3 Å². The molecule has 3 heterocycles. The maximum absolute atomic E-state index is 13.0. The molecule has 10 nitrogen and oxygen atoms in total. The first-order chi connectivity index (χ1) is 16.6. The van der Waals surface area contributed by atoms with E-state index in [1.54, 1.807) is 29.0 Å². The van der Waals surface area contributed by atoms with Crippen LogP contribution in [0.5, 0.6) is 0 Å². The lowest BCUT2D eigenvalue weighted by atomic mass is 9.91. The highest BCUT2D eigenvalue weighted by Crippen LogP contribution is 2.30. The third-order valence-electron chi connectivity index (χ3n) is 6.25. The number of halogens is 1. The van der Waals surface area contributed by atoms with E-state index in [0.717, 1.165) is 44.2 Å². The molecular weight excluding hydrogens is 456 g/mol. The monoisotopic (exact) mass is 484 g/mol. The lowest BCUT2D eigenvalue weighted by Crippen LogP contribution is -2.38. The Labute approximate surface area is 202 Å². The molecule has 0 aromatic carbocycles. The van der Waals surface area contributed by atoms with Crippen molar-refractivity contribution < 1.29 is 9.90 Å². The summed E-state index contributed by atoms with van der Waals surface area (Å²) >= 11 is 5.95. The summed E-state index contributed by atoms with van der Waals surface area (Å²) in [6.07, 6.45) is 9.43. The van der Waals surface area contributed by atoms with E-state index in [0.29, 0.717) is 52.7 Å². The van der Waals surface area contributed by atoms with E-state index >= 15 is 0 Å². The second-order valence-electron chi connectivity index (χ2n) is 8.93. The van der Waals surface area contributed by atoms with E-state index in [1.807, 2.05) is 6.07 Å². The largest absolute Gasteiger partial charge is 0.395 e. The van der Waals surface area contributed by atoms with E-state index in [1.165, 1.54) is 0 Å². The number of aromatic nitrogens is 4. The van der Waals surface area contributed by atoms with Crippen LogP contribution in [-0.2, 0) is 0 Å². The van der Waals surface area contributed by atoms with Gasteiger partial charge in [-0.1, -0.05) is 11.6 Å². The zero-order chi connectivity index (χ0) is 23.5. The van der Waals surface area contributed by atoms with Gasteiger partial charge in [-0.2, -0.15) is 0 Å². The minimum absolute atomic E-state index is 0.161. The van der Waals surface area contributed by atoms with Crippen LogP contribution in [0.2, 0.25) is 5.15 Å². The van der Waals surface area contributed by atoms with Gasteiger partial charge in [0.2, 0.25) is 0 Å². The first-order valence-corrected chi connectivity index (χ1v) is 12.2. The van der Waals surface area contributed by atoms with Gasteiger partial charge in [0, 0.05) is 42.6 Å². The lowest BCUT2D eigenvalue weighted by Gasteiger charge is -2.30. The van der Waals surface area contributed by atoms with E-state index in [2.05, 4.69) is 31.2 Å². The Morgan fingerprint density at radius 1 is 1.06 bits per heavy atom. The second-order valence-corrected chi connectivity index (χ2v) is 9.32. The number of nitrogens with one attached hydrogen (secondary N) is 4. The maximum atomic E-state index is 13.0. The van der Waals surface area contributed by atoms with Crippen molar-refractivity contribution in [2.75, 3.05) is 29.1 Å². The molecule has 0 bridgehead atoms. The number of aliphatic hydroxyl groups is 1. The number of carbonyl (C=O) groups excluding carboxylic acids is 1. The molecule has 0 unspecified atom stereocenters. The van der Waals surface area contributed by atoms with Crippen molar-refractivity contribution in [3.05, 3.63) is 41.4 Å². The summed E-state index contributed by atoms with van der Waals surface area (Å²) in [4.78, 5) is 21.5. The van der Waals surface area contributed by atoms with Crippen LogP contribution in [0.15, 0.2) is 30.6 Å². The summed E-state index contributed by atoms with van der Waals surface area (Å²) in [6, 6.07) is 6.43. The van der Waals surface area contributed by atoms with Gasteiger partial charge in [0.25, 0.3) is 5.91 Å². The normalized spacial score (nSPS) is 20.3. The van der Waals surface area contributed by atoms with E-state index in [-0.39, 0.29) is 12.5 Å². The molecule has 0 saturated heterocycles. The lowest BCUT2D eigenvalue weighted by molar-refractivity contribution is 0.102. The first kappa shape index (κ1) is 22.8. The molecule has 3 aromatic rings. The number of hydrogen-bond acceptors (Lipinski definition) is 8. The molecule has 11 heteroatoms. The van der Waals surface area contributed by atoms with Gasteiger partial charge in [-0.3, -0.25) is 4.79 Å². The van der Waals surface area contributed by atoms with Gasteiger partial charge in [-0.05, 0) is 50.7 Å². The third kappa shape index (κ3) is 5.40. The molecule has 5 N–H and O–H groups in total. The molecule has 0 spiro atoms. The Bertz CT molecular complexity index is 1160. The topological polar surface area (TPSA) is 128 Å². The van der Waals surface area contributed by atoms with Crippen molar-refractivity contribution in [3.63, 3.8) is 0 Å². The second kappa shape index (κ2) is 10.1. The van der Waals surface area contributed by atoms with Gasteiger partial charge in [0.1, 0.15) is 11.0 Å². The Morgan fingerprint density at radius 3 is 2.53 bits per heavy atom. The number of nitrogens with zero attached hydrogens (tertiary/aromatic N) is 4. The molecule has 3 aromatic heterocycles. The molecule has 0 aliphatic heterocycles. The number of aliphatic hydroxyl groups excluding tert-OH is 1. The average Bonchev–Trinajstić information content (AvgIpc) is 3.54. The predicted molar refractivity (Wildman–Crippen MR) is 132 cm³/mol. The zero-order valence-electron chi connectivity index (χ0n) is 18.8. The van der Waals surface area contributed by atoms with Crippen molar-refractivity contribution in [2.24, 2.45) is 0 Å². The van der Waals surface area contributed by atoms with Gasteiger partial charge in [-0.15, -0.1) is 5.10 Å². The Balaban J connectivity index is 1.36. The van der Waals surface area contributed by atoms with Crippen LogP contribution in [0.1, 0.15) is 49.0 Å². The predicted octanol–water partition coefficient (Wildman–Crippen LogP) is 2.91. The highest BCUT2D eigenvalue weighted by Gasteiger charge is 2.25. The molecule has 180 valence electrons. The molecule has 1 amide bonds. The van der Waals surface area contributed by atoms with E-state index in [9.17, 15) is 4.79 Å². The van der Waals surface area contributed by atoms with Gasteiger partial charge >= 0.3 is 0 Å². The quantitative estimate of drug-likeness (QED) is 0.293. The number of anilines is 3. The summed E-state index contributed by atoms with van der Waals surface area (Å²) < 4.78 is 1.60. The van der Waals surface area contributed by atoms with Crippen molar-refractivity contribution in [2.45, 2.75) is 56.7 Å². The van der Waals surface area contributed by atoms with Crippen LogP contribution in [-0.4, -0.2) is 61.9 Å². The molecule has 2 aliphatic carbocycles. The van der Waals surface area contributed by atoms with Crippen LogP contribution in [0.3, 0.4) is 0 Å². The van der Waals surface area contributed by atoms with Gasteiger partial charge < -0.3 is 26.4 Å². The van der Waals surface area contributed by atoms with Crippen molar-refractivity contribution in [1.29, 1.82) is 0 Å². The summed E-state index contributed by atoms with van der Waals surface area (Å²) in [6.45, 7) is 0.794. The molecule has 2 aliphatic rings. The van der Waals surface area contributed by atoms with Gasteiger partial charge in [0.05, 0.1) is 18.5 Å². The minimum atomic E-state index is -0.327. The molecule has 2 fully saturated rings. The van der Waals surface area contributed by atoms with Crippen molar-refractivity contribution in [3.8, 4) is 0 Å². The molecule has 5 rings (SSSR count). The summed E-state index contributed by atoms with van der Waals surface area (Å²) in [5.41, 5.74) is 2.37. The van der Waals surface area contributed by atoms with E-state index < -0.39 is 0 Å². The Kier molecular flexibility index (Phi) is 6.80. The number of hydrogen-bond donors (Lipinski definition) is 5. The number of imidazole rings is 1. The average molecular weight is 485 g/mol. The molecule has 34 heavy (non-hydrogen) atoms. The van der Waals surface area contributed by atoms with Crippen molar-refractivity contribution in [1.82, 2.24) is 24.9 Å². The van der Waals surface area contributed by atoms with Crippen molar-refractivity contribution >= 4 is 40.3 Å². The number of pyridine rings is 1. The molecule has 0 atom stereocenters. The fourth-order valence-corrected chi connectivity index (χ4v) is 4.52.